The number of carbonyl (C=O) groups excluding carboxylic acids is 2. The third-order valence-corrected chi connectivity index (χ3v) is 4.97. The topological polar surface area (TPSA) is 68.2 Å². The van der Waals surface area contributed by atoms with Gasteiger partial charge in [-0.25, -0.2) is 9.79 Å². The molecule has 0 spiro atoms. The van der Waals surface area contributed by atoms with Gasteiger partial charge in [0.15, 0.2) is 5.17 Å². The van der Waals surface area contributed by atoms with Gasteiger partial charge in [0.05, 0.1) is 30.4 Å². The molecular formula is C20H18N2O4S. The second-order valence-corrected chi connectivity index (χ2v) is 6.69. The molecule has 6 nitrogen and oxygen atoms in total. The molecule has 1 fully saturated rings. The number of esters is 1. The van der Waals surface area contributed by atoms with Crippen LogP contribution in [0.25, 0.3) is 6.08 Å². The summed E-state index contributed by atoms with van der Waals surface area (Å²) in [6.45, 7) is 0. The summed E-state index contributed by atoms with van der Waals surface area (Å²) in [6.07, 6.45) is 1.81. The summed E-state index contributed by atoms with van der Waals surface area (Å²) >= 11 is 1.30. The fourth-order valence-electron chi connectivity index (χ4n) is 2.43. The third kappa shape index (κ3) is 4.20. The molecule has 0 bridgehead atoms. The largest absolute Gasteiger partial charge is 0.497 e. The van der Waals surface area contributed by atoms with E-state index >= 15 is 0 Å². The Balaban J connectivity index is 1.83. The van der Waals surface area contributed by atoms with Gasteiger partial charge in [-0.3, -0.25) is 9.69 Å². The number of benzene rings is 2. The van der Waals surface area contributed by atoms with Crippen LogP contribution in [0.3, 0.4) is 0 Å². The first-order valence-corrected chi connectivity index (χ1v) is 8.92. The number of thioether (sulfide) groups is 1. The maximum absolute atomic E-state index is 12.5. The number of likely N-dealkylation sites (N-methyl/N-ethyl adjacent to an activating group) is 1. The zero-order valence-electron chi connectivity index (χ0n) is 15.1. The van der Waals surface area contributed by atoms with E-state index in [4.69, 9.17) is 4.74 Å². The molecule has 0 radical (unpaired) electrons. The van der Waals surface area contributed by atoms with Crippen molar-refractivity contribution < 1.29 is 19.1 Å². The molecule has 2 aromatic rings. The van der Waals surface area contributed by atoms with Crippen LogP contribution in [-0.2, 0) is 9.53 Å². The maximum Gasteiger partial charge on any atom is 0.337 e. The quantitative estimate of drug-likeness (QED) is 0.596. The fraction of sp³-hybridized carbons (Fsp3) is 0.150. The fourth-order valence-corrected chi connectivity index (χ4v) is 3.42. The van der Waals surface area contributed by atoms with Crippen LogP contribution in [0.5, 0.6) is 5.75 Å². The van der Waals surface area contributed by atoms with Crippen molar-refractivity contribution in [3.8, 4) is 5.75 Å². The summed E-state index contributed by atoms with van der Waals surface area (Å²) in [5.74, 6) is 0.209. The number of aliphatic imine (C=N–C) groups is 1. The molecule has 0 aliphatic carbocycles. The Kier molecular flexibility index (Phi) is 5.61. The number of hydrogen-bond donors (Lipinski definition) is 0. The Labute approximate surface area is 161 Å². The Morgan fingerprint density at radius 2 is 1.89 bits per heavy atom. The van der Waals surface area contributed by atoms with Gasteiger partial charge < -0.3 is 9.47 Å². The highest BCUT2D eigenvalue weighted by molar-refractivity contribution is 8.18. The van der Waals surface area contributed by atoms with Crippen LogP contribution >= 0.6 is 11.8 Å². The number of nitrogens with zero attached hydrogens (tertiary/aromatic N) is 2. The Hall–Kier alpha value is -3.06. The van der Waals surface area contributed by atoms with Crippen LogP contribution < -0.4 is 4.74 Å². The van der Waals surface area contributed by atoms with E-state index in [1.54, 1.807) is 38.4 Å². The van der Waals surface area contributed by atoms with Crippen molar-refractivity contribution in [1.82, 2.24) is 4.90 Å². The summed E-state index contributed by atoms with van der Waals surface area (Å²) < 4.78 is 9.89. The van der Waals surface area contributed by atoms with E-state index in [-0.39, 0.29) is 5.91 Å². The normalized spacial score (nSPS) is 16.9. The molecule has 0 atom stereocenters. The highest BCUT2D eigenvalue weighted by Crippen LogP contribution is 2.33. The first kappa shape index (κ1) is 18.7. The number of methoxy groups -OCH3 is 2. The molecule has 27 heavy (non-hydrogen) atoms. The van der Waals surface area contributed by atoms with E-state index in [2.05, 4.69) is 9.73 Å². The van der Waals surface area contributed by atoms with Crippen molar-refractivity contribution in [1.29, 1.82) is 0 Å². The highest BCUT2D eigenvalue weighted by Gasteiger charge is 2.30. The molecule has 1 saturated heterocycles. The number of ether oxygens (including phenoxy) is 2. The van der Waals surface area contributed by atoms with E-state index < -0.39 is 5.97 Å². The van der Waals surface area contributed by atoms with Gasteiger partial charge in [-0.05, 0) is 59.8 Å². The maximum atomic E-state index is 12.5. The van der Waals surface area contributed by atoms with Crippen LogP contribution in [0.1, 0.15) is 15.9 Å². The van der Waals surface area contributed by atoms with E-state index in [0.29, 0.717) is 21.3 Å². The summed E-state index contributed by atoms with van der Waals surface area (Å²) in [6, 6.07) is 14.2. The van der Waals surface area contributed by atoms with Crippen molar-refractivity contribution in [2.45, 2.75) is 0 Å². The van der Waals surface area contributed by atoms with Gasteiger partial charge in [0.2, 0.25) is 0 Å². The summed E-state index contributed by atoms with van der Waals surface area (Å²) in [4.78, 5) is 30.6. The van der Waals surface area contributed by atoms with Crippen LogP contribution in [0.4, 0.5) is 5.69 Å². The molecule has 0 saturated carbocycles. The van der Waals surface area contributed by atoms with Crippen molar-refractivity contribution in [3.05, 3.63) is 64.6 Å². The molecule has 1 heterocycles. The zero-order valence-corrected chi connectivity index (χ0v) is 15.9. The van der Waals surface area contributed by atoms with Crippen molar-refractivity contribution in [3.63, 3.8) is 0 Å². The number of amidine groups is 1. The number of rotatable bonds is 4. The van der Waals surface area contributed by atoms with E-state index in [9.17, 15) is 9.59 Å². The molecule has 1 aliphatic heterocycles. The van der Waals surface area contributed by atoms with Crippen LogP contribution in [0.15, 0.2) is 58.4 Å². The summed E-state index contributed by atoms with van der Waals surface area (Å²) in [5.41, 5.74) is 1.97. The summed E-state index contributed by atoms with van der Waals surface area (Å²) in [5, 5.41) is 0.569. The monoisotopic (exact) mass is 382 g/mol. The third-order valence-electron chi connectivity index (χ3n) is 3.91. The molecule has 3 rings (SSSR count). The molecule has 1 aliphatic rings. The van der Waals surface area contributed by atoms with Gasteiger partial charge in [-0.1, -0.05) is 12.1 Å². The minimum absolute atomic E-state index is 0.118. The average Bonchev–Trinajstić information content (AvgIpc) is 2.96. The van der Waals surface area contributed by atoms with E-state index in [1.165, 1.54) is 23.8 Å². The van der Waals surface area contributed by atoms with Gasteiger partial charge >= 0.3 is 5.97 Å². The molecule has 2 aromatic carbocycles. The predicted octanol–water partition coefficient (Wildman–Crippen LogP) is 3.72. The smallest absolute Gasteiger partial charge is 0.337 e. The first-order chi connectivity index (χ1) is 13.0. The number of amides is 1. The summed E-state index contributed by atoms with van der Waals surface area (Å²) in [7, 11) is 4.62. The molecule has 138 valence electrons. The van der Waals surface area contributed by atoms with Gasteiger partial charge in [0.25, 0.3) is 5.91 Å². The van der Waals surface area contributed by atoms with Gasteiger partial charge in [-0.15, -0.1) is 0 Å². The highest BCUT2D eigenvalue weighted by atomic mass is 32.2. The first-order valence-electron chi connectivity index (χ1n) is 8.10. The Bertz CT molecular complexity index is 935. The lowest BCUT2D eigenvalue weighted by Gasteiger charge is -2.07. The molecule has 0 unspecified atom stereocenters. The standard InChI is InChI=1S/C20H18N2O4S/c1-22-18(23)17(12-13-5-4-6-16(11-13)25-2)27-20(22)21-15-9-7-14(8-10-15)19(24)26-3/h4-12H,1-3H3/b17-12+,21-20?. The minimum Gasteiger partial charge on any atom is -0.497 e. The Morgan fingerprint density at radius 1 is 1.15 bits per heavy atom. The predicted molar refractivity (Wildman–Crippen MR) is 106 cm³/mol. The Morgan fingerprint density at radius 3 is 2.56 bits per heavy atom. The minimum atomic E-state index is -0.403. The molecule has 0 aromatic heterocycles. The van der Waals surface area contributed by atoms with Gasteiger partial charge in [-0.2, -0.15) is 0 Å². The van der Waals surface area contributed by atoms with Crippen LogP contribution in [0.2, 0.25) is 0 Å². The number of hydrogen-bond acceptors (Lipinski definition) is 6. The molecular weight excluding hydrogens is 364 g/mol. The lowest BCUT2D eigenvalue weighted by atomic mass is 10.2. The van der Waals surface area contributed by atoms with Crippen molar-refractivity contribution in [2.24, 2.45) is 4.99 Å². The second kappa shape index (κ2) is 8.09. The van der Waals surface area contributed by atoms with Crippen molar-refractivity contribution >= 4 is 40.6 Å². The van der Waals surface area contributed by atoms with Crippen LogP contribution in [-0.4, -0.2) is 43.2 Å². The van der Waals surface area contributed by atoms with Gasteiger partial charge in [0, 0.05) is 7.05 Å². The van der Waals surface area contributed by atoms with E-state index in [0.717, 1.165) is 11.3 Å². The van der Waals surface area contributed by atoms with E-state index in [1.807, 2.05) is 30.3 Å². The molecule has 7 heteroatoms. The number of carbonyl (C=O) groups is 2. The lowest BCUT2D eigenvalue weighted by Crippen LogP contribution is -2.23. The SMILES string of the molecule is COC(=O)c1ccc(N=C2S/C(=C/c3cccc(OC)c3)C(=O)N2C)cc1. The van der Waals surface area contributed by atoms with Gasteiger partial charge in [0.1, 0.15) is 5.75 Å². The lowest BCUT2D eigenvalue weighted by molar-refractivity contribution is -0.121. The molecule has 0 N–H and O–H groups in total. The average molecular weight is 382 g/mol. The second-order valence-electron chi connectivity index (χ2n) is 5.68. The van der Waals surface area contributed by atoms with Crippen molar-refractivity contribution in [2.75, 3.05) is 21.3 Å². The zero-order chi connectivity index (χ0) is 19.4. The van der Waals surface area contributed by atoms with Crippen LogP contribution in [0, 0.1) is 0 Å². The molecule has 1 amide bonds.